The molecule has 0 aromatic carbocycles. The van der Waals surface area contributed by atoms with Gasteiger partial charge in [-0.2, -0.15) is 0 Å². The smallest absolute Gasteiger partial charge is 0.306 e. The number of rotatable bonds is 5. The van der Waals surface area contributed by atoms with E-state index in [9.17, 15) is 9.59 Å². The maximum Gasteiger partial charge on any atom is 0.306 e. The van der Waals surface area contributed by atoms with Crippen molar-refractivity contribution in [2.75, 3.05) is 11.9 Å². The van der Waals surface area contributed by atoms with E-state index < -0.39 is 0 Å². The number of amides is 1. The van der Waals surface area contributed by atoms with Gasteiger partial charge in [0.2, 0.25) is 5.91 Å². The van der Waals surface area contributed by atoms with Crippen molar-refractivity contribution in [3.05, 3.63) is 9.98 Å². The van der Waals surface area contributed by atoms with Gasteiger partial charge in [-0.3, -0.25) is 9.59 Å². The molecule has 7 heteroatoms. The van der Waals surface area contributed by atoms with E-state index in [2.05, 4.69) is 26.2 Å². The van der Waals surface area contributed by atoms with Crippen LogP contribution >= 0.6 is 27.3 Å². The van der Waals surface area contributed by atoms with Gasteiger partial charge in [-0.25, -0.2) is 4.98 Å². The van der Waals surface area contributed by atoms with Gasteiger partial charge in [0.25, 0.3) is 0 Å². The molecule has 1 aromatic rings. The number of hydrogen-bond acceptors (Lipinski definition) is 5. The fourth-order valence-electron chi connectivity index (χ4n) is 0.943. The summed E-state index contributed by atoms with van der Waals surface area (Å²) < 4.78 is 5.55. The molecule has 0 atom stereocenters. The zero-order chi connectivity index (χ0) is 12.0. The molecule has 0 aliphatic rings. The molecular weight excluding hydrogens is 296 g/mol. The minimum absolute atomic E-state index is 0.0895. The summed E-state index contributed by atoms with van der Waals surface area (Å²) in [4.78, 5) is 26.3. The van der Waals surface area contributed by atoms with Crippen molar-refractivity contribution in [1.82, 2.24) is 4.98 Å². The van der Waals surface area contributed by atoms with Crippen LogP contribution in [0, 0.1) is 0 Å². The standard InChI is InChI=1S/C9H11BrN2O3S/c1-2-15-8(14)4-3-7(13)12-9-11-5-6(10)16-9/h5H,2-4H2,1H3,(H,11,12,13). The van der Waals surface area contributed by atoms with Gasteiger partial charge in [0, 0.05) is 6.42 Å². The van der Waals surface area contributed by atoms with Gasteiger partial charge < -0.3 is 10.1 Å². The van der Waals surface area contributed by atoms with Gasteiger partial charge in [-0.15, -0.1) is 0 Å². The quantitative estimate of drug-likeness (QED) is 0.847. The predicted octanol–water partition coefficient (Wildman–Crippen LogP) is 2.19. The number of nitrogens with one attached hydrogen (secondary N) is 1. The Kier molecular flexibility index (Phi) is 5.41. The Balaban J connectivity index is 2.28. The summed E-state index contributed by atoms with van der Waals surface area (Å²) in [6, 6.07) is 0. The first-order valence-electron chi connectivity index (χ1n) is 4.68. The number of nitrogens with zero attached hydrogens (tertiary/aromatic N) is 1. The number of aromatic nitrogens is 1. The van der Waals surface area contributed by atoms with Crippen molar-refractivity contribution >= 4 is 44.3 Å². The number of anilines is 1. The molecule has 5 nitrogen and oxygen atoms in total. The molecule has 0 radical (unpaired) electrons. The number of ether oxygens (including phenoxy) is 1. The minimum atomic E-state index is -0.363. The second-order valence-corrected chi connectivity index (χ2v) is 5.23. The number of thiazole rings is 1. The lowest BCUT2D eigenvalue weighted by atomic mass is 10.3. The van der Waals surface area contributed by atoms with E-state index in [0.29, 0.717) is 11.7 Å². The van der Waals surface area contributed by atoms with E-state index in [-0.39, 0.29) is 24.7 Å². The molecule has 88 valence electrons. The minimum Gasteiger partial charge on any atom is -0.466 e. The lowest BCUT2D eigenvalue weighted by Crippen LogP contribution is -2.14. The van der Waals surface area contributed by atoms with Crippen molar-refractivity contribution in [3.63, 3.8) is 0 Å². The molecule has 0 bridgehead atoms. The Hall–Kier alpha value is -0.950. The summed E-state index contributed by atoms with van der Waals surface area (Å²) in [6.07, 6.45) is 1.80. The molecule has 1 amide bonds. The zero-order valence-electron chi connectivity index (χ0n) is 8.66. The average Bonchev–Trinajstić information content (AvgIpc) is 2.61. The van der Waals surface area contributed by atoms with E-state index in [1.807, 2.05) is 0 Å². The van der Waals surface area contributed by atoms with E-state index >= 15 is 0 Å². The summed E-state index contributed by atoms with van der Waals surface area (Å²) in [5, 5.41) is 3.11. The maximum atomic E-state index is 11.4. The highest BCUT2D eigenvalue weighted by atomic mass is 79.9. The Morgan fingerprint density at radius 3 is 2.88 bits per heavy atom. The average molecular weight is 307 g/mol. The van der Waals surface area contributed by atoms with E-state index in [1.165, 1.54) is 11.3 Å². The molecule has 0 aliphatic carbocycles. The van der Waals surface area contributed by atoms with Crippen LogP contribution in [0.3, 0.4) is 0 Å². The summed E-state index contributed by atoms with van der Waals surface area (Å²) in [5.74, 6) is -0.604. The molecule has 1 N–H and O–H groups in total. The summed E-state index contributed by atoms with van der Waals surface area (Å²) in [7, 11) is 0. The first-order valence-corrected chi connectivity index (χ1v) is 6.29. The fourth-order valence-corrected chi connectivity index (χ4v) is 2.07. The first-order chi connectivity index (χ1) is 7.61. The molecule has 1 heterocycles. The second kappa shape index (κ2) is 6.59. The van der Waals surface area contributed by atoms with Crippen LogP contribution in [-0.2, 0) is 14.3 Å². The van der Waals surface area contributed by atoms with Gasteiger partial charge >= 0.3 is 5.97 Å². The number of hydrogen-bond donors (Lipinski definition) is 1. The Bertz CT molecular complexity index is 381. The Labute approximate surface area is 105 Å². The van der Waals surface area contributed by atoms with Crippen molar-refractivity contribution < 1.29 is 14.3 Å². The van der Waals surface area contributed by atoms with E-state index in [1.54, 1.807) is 13.1 Å². The Morgan fingerprint density at radius 2 is 2.31 bits per heavy atom. The maximum absolute atomic E-state index is 11.4. The third kappa shape index (κ3) is 4.71. The normalized spacial score (nSPS) is 9.88. The summed E-state index contributed by atoms with van der Waals surface area (Å²) in [5.41, 5.74) is 0. The fraction of sp³-hybridized carbons (Fsp3) is 0.444. The topological polar surface area (TPSA) is 68.3 Å². The molecule has 0 saturated heterocycles. The highest BCUT2D eigenvalue weighted by Gasteiger charge is 2.09. The van der Waals surface area contributed by atoms with Crippen molar-refractivity contribution in [1.29, 1.82) is 0 Å². The van der Waals surface area contributed by atoms with Gasteiger partial charge in [0.15, 0.2) is 5.13 Å². The third-order valence-corrected chi connectivity index (χ3v) is 2.98. The van der Waals surface area contributed by atoms with Gasteiger partial charge in [-0.05, 0) is 22.9 Å². The van der Waals surface area contributed by atoms with Gasteiger partial charge in [-0.1, -0.05) is 11.3 Å². The van der Waals surface area contributed by atoms with Crippen molar-refractivity contribution in [3.8, 4) is 0 Å². The number of halogens is 1. The lowest BCUT2D eigenvalue weighted by Gasteiger charge is -2.01. The van der Waals surface area contributed by atoms with Crippen LogP contribution < -0.4 is 5.32 Å². The van der Waals surface area contributed by atoms with Crippen molar-refractivity contribution in [2.45, 2.75) is 19.8 Å². The highest BCUT2D eigenvalue weighted by Crippen LogP contribution is 2.23. The molecule has 0 spiro atoms. The monoisotopic (exact) mass is 306 g/mol. The third-order valence-electron chi connectivity index (χ3n) is 1.59. The molecule has 1 aromatic heterocycles. The zero-order valence-corrected chi connectivity index (χ0v) is 11.1. The molecule has 0 unspecified atom stereocenters. The van der Waals surface area contributed by atoms with E-state index in [0.717, 1.165) is 3.79 Å². The van der Waals surface area contributed by atoms with Crippen LogP contribution in [0.4, 0.5) is 5.13 Å². The van der Waals surface area contributed by atoms with Crippen LogP contribution in [-0.4, -0.2) is 23.5 Å². The van der Waals surface area contributed by atoms with Crippen LogP contribution in [0.1, 0.15) is 19.8 Å². The van der Waals surface area contributed by atoms with Crippen LogP contribution in [0.15, 0.2) is 9.98 Å². The van der Waals surface area contributed by atoms with Crippen LogP contribution in [0.5, 0.6) is 0 Å². The lowest BCUT2D eigenvalue weighted by molar-refractivity contribution is -0.144. The predicted molar refractivity (Wildman–Crippen MR) is 64.3 cm³/mol. The summed E-state index contributed by atoms with van der Waals surface area (Å²) in [6.45, 7) is 2.06. The molecule has 1 rings (SSSR count). The second-order valence-electron chi connectivity index (χ2n) is 2.82. The van der Waals surface area contributed by atoms with Gasteiger partial charge in [0.1, 0.15) is 0 Å². The van der Waals surface area contributed by atoms with Gasteiger partial charge in [0.05, 0.1) is 23.0 Å². The number of carbonyl (C=O) groups is 2. The first kappa shape index (κ1) is 13.1. The summed E-state index contributed by atoms with van der Waals surface area (Å²) >= 11 is 4.55. The number of esters is 1. The Morgan fingerprint density at radius 1 is 1.56 bits per heavy atom. The van der Waals surface area contributed by atoms with Crippen LogP contribution in [0.2, 0.25) is 0 Å². The molecule has 16 heavy (non-hydrogen) atoms. The number of carbonyl (C=O) groups excluding carboxylic acids is 2. The molecular formula is C9H11BrN2O3S. The molecule has 0 aliphatic heterocycles. The van der Waals surface area contributed by atoms with E-state index in [4.69, 9.17) is 4.74 Å². The highest BCUT2D eigenvalue weighted by molar-refractivity contribution is 9.11. The largest absolute Gasteiger partial charge is 0.466 e. The van der Waals surface area contributed by atoms with Crippen molar-refractivity contribution in [2.24, 2.45) is 0 Å². The molecule has 0 fully saturated rings. The molecule has 0 saturated carbocycles. The SMILES string of the molecule is CCOC(=O)CCC(=O)Nc1ncc(Br)s1. The van der Waals surface area contributed by atoms with Crippen LogP contribution in [0.25, 0.3) is 0 Å².